The van der Waals surface area contributed by atoms with Crippen molar-refractivity contribution in [3.63, 3.8) is 0 Å². The number of aromatic nitrogens is 1. The minimum absolute atomic E-state index is 0.716. The van der Waals surface area contributed by atoms with E-state index in [1.54, 1.807) is 0 Å². The van der Waals surface area contributed by atoms with E-state index in [1.165, 1.54) is 11.1 Å². The van der Waals surface area contributed by atoms with Gasteiger partial charge in [0.25, 0.3) is 0 Å². The van der Waals surface area contributed by atoms with E-state index in [2.05, 4.69) is 50.2 Å². The number of fused-ring (bicyclic) bond motifs is 1. The number of benzene rings is 1. The van der Waals surface area contributed by atoms with Gasteiger partial charge in [0, 0.05) is 17.3 Å². The Morgan fingerprint density at radius 3 is 2.52 bits per heavy atom. The van der Waals surface area contributed by atoms with Crippen molar-refractivity contribution in [2.24, 2.45) is 0 Å². The molecule has 0 aliphatic carbocycles. The average Bonchev–Trinajstić information content (AvgIpc) is 2.85. The predicted molar refractivity (Wildman–Crippen MR) is 87.0 cm³/mol. The molecule has 0 aliphatic rings. The van der Waals surface area contributed by atoms with Crippen molar-refractivity contribution in [3.8, 4) is 11.1 Å². The van der Waals surface area contributed by atoms with E-state index < -0.39 is 0 Å². The first-order valence-electron chi connectivity index (χ1n) is 7.39. The smallest absolute Gasteiger partial charge is 0.167 e. The van der Waals surface area contributed by atoms with Gasteiger partial charge < -0.3 is 4.40 Å². The number of rotatable bonds is 4. The van der Waals surface area contributed by atoms with Gasteiger partial charge in [-0.3, -0.25) is 4.79 Å². The first-order valence-corrected chi connectivity index (χ1v) is 7.39. The average molecular weight is 277 g/mol. The molecule has 0 fully saturated rings. The first-order chi connectivity index (χ1) is 10.2. The summed E-state index contributed by atoms with van der Waals surface area (Å²) in [5, 5.41) is 0. The van der Waals surface area contributed by atoms with E-state index in [9.17, 15) is 4.79 Å². The van der Waals surface area contributed by atoms with Gasteiger partial charge in [-0.1, -0.05) is 37.6 Å². The monoisotopic (exact) mass is 277 g/mol. The van der Waals surface area contributed by atoms with Crippen molar-refractivity contribution in [2.45, 2.75) is 26.7 Å². The number of hydrogen-bond donors (Lipinski definition) is 0. The molecule has 0 radical (unpaired) electrons. The van der Waals surface area contributed by atoms with Gasteiger partial charge in [0.2, 0.25) is 0 Å². The topological polar surface area (TPSA) is 21.5 Å². The van der Waals surface area contributed by atoms with Crippen molar-refractivity contribution < 1.29 is 4.79 Å². The maximum Gasteiger partial charge on any atom is 0.167 e. The van der Waals surface area contributed by atoms with Crippen molar-refractivity contribution in [1.82, 2.24) is 4.40 Å². The molecule has 0 atom stereocenters. The number of carbonyl (C=O) groups is 1. The summed E-state index contributed by atoms with van der Waals surface area (Å²) < 4.78 is 1.95. The fourth-order valence-corrected chi connectivity index (χ4v) is 2.80. The summed E-state index contributed by atoms with van der Waals surface area (Å²) >= 11 is 0. The molecule has 3 rings (SSSR count). The van der Waals surface area contributed by atoms with Crippen LogP contribution in [0.25, 0.3) is 16.6 Å². The Labute approximate surface area is 125 Å². The lowest BCUT2D eigenvalue weighted by molar-refractivity contribution is 0.111. The highest BCUT2D eigenvalue weighted by molar-refractivity contribution is 5.89. The number of carbonyl (C=O) groups excluding carboxylic acids is 1. The Kier molecular flexibility index (Phi) is 3.61. The Bertz CT molecular complexity index is 781. The Balaban J connectivity index is 2.12. The van der Waals surface area contributed by atoms with Gasteiger partial charge in [-0.05, 0) is 48.2 Å². The Hall–Kier alpha value is -2.35. The molecule has 2 heteroatoms. The van der Waals surface area contributed by atoms with Gasteiger partial charge >= 0.3 is 0 Å². The van der Waals surface area contributed by atoms with E-state index in [0.717, 1.165) is 35.8 Å². The fraction of sp³-hybridized carbons (Fsp3) is 0.211. The molecule has 0 bridgehead atoms. The first kappa shape index (κ1) is 13.6. The van der Waals surface area contributed by atoms with Crippen LogP contribution in [0.2, 0.25) is 0 Å². The summed E-state index contributed by atoms with van der Waals surface area (Å²) in [7, 11) is 0. The highest BCUT2D eigenvalue weighted by atomic mass is 16.1. The molecule has 2 aromatic heterocycles. The van der Waals surface area contributed by atoms with Crippen molar-refractivity contribution in [1.29, 1.82) is 0 Å². The summed E-state index contributed by atoms with van der Waals surface area (Å²) in [6.45, 7) is 4.24. The number of aryl methyl sites for hydroxylation is 2. The lowest BCUT2D eigenvalue weighted by Crippen LogP contribution is -1.92. The fourth-order valence-electron chi connectivity index (χ4n) is 2.80. The third-order valence-electron chi connectivity index (χ3n) is 3.88. The van der Waals surface area contributed by atoms with Crippen LogP contribution in [0.4, 0.5) is 0 Å². The van der Waals surface area contributed by atoms with Gasteiger partial charge in [-0.15, -0.1) is 0 Å². The van der Waals surface area contributed by atoms with Gasteiger partial charge in [-0.25, -0.2) is 0 Å². The quantitative estimate of drug-likeness (QED) is 0.634. The van der Waals surface area contributed by atoms with Crippen LogP contribution in [-0.4, -0.2) is 10.7 Å². The summed E-state index contributed by atoms with van der Waals surface area (Å²) in [6, 6.07) is 14.7. The molecule has 0 unspecified atom stereocenters. The molecule has 0 saturated heterocycles. The highest BCUT2D eigenvalue weighted by Gasteiger charge is 2.11. The van der Waals surface area contributed by atoms with Crippen LogP contribution in [0.3, 0.4) is 0 Å². The molecular weight excluding hydrogens is 258 g/mol. The minimum atomic E-state index is 0.716. The second-order valence-corrected chi connectivity index (χ2v) is 5.51. The predicted octanol–water partition coefficient (Wildman–Crippen LogP) is 4.68. The van der Waals surface area contributed by atoms with Crippen LogP contribution in [-0.2, 0) is 6.42 Å². The van der Waals surface area contributed by atoms with Crippen LogP contribution < -0.4 is 0 Å². The molecule has 21 heavy (non-hydrogen) atoms. The summed E-state index contributed by atoms with van der Waals surface area (Å²) in [4.78, 5) is 11.5. The number of aldehydes is 1. The van der Waals surface area contributed by atoms with Crippen molar-refractivity contribution in [2.75, 3.05) is 0 Å². The number of nitrogens with zero attached hydrogens (tertiary/aromatic N) is 1. The zero-order valence-electron chi connectivity index (χ0n) is 12.5. The van der Waals surface area contributed by atoms with E-state index in [1.807, 2.05) is 16.7 Å². The van der Waals surface area contributed by atoms with Gasteiger partial charge in [-0.2, -0.15) is 0 Å². The lowest BCUT2D eigenvalue weighted by Gasteiger charge is -2.03. The summed E-state index contributed by atoms with van der Waals surface area (Å²) in [6.07, 6.45) is 5.15. The molecule has 0 aliphatic heterocycles. The Morgan fingerprint density at radius 1 is 1.10 bits per heavy atom. The Morgan fingerprint density at radius 2 is 1.86 bits per heavy atom. The van der Waals surface area contributed by atoms with Crippen LogP contribution in [0.5, 0.6) is 0 Å². The standard InChI is InChI=1S/C19H19NO/c1-3-4-15-5-7-16(8-6-15)18-12-17-11-14(2)9-10-20(17)19(18)13-21/h5-13H,3-4H2,1-2H3. The third-order valence-corrected chi connectivity index (χ3v) is 3.88. The molecule has 0 N–H and O–H groups in total. The van der Waals surface area contributed by atoms with Crippen molar-refractivity contribution >= 4 is 11.8 Å². The third kappa shape index (κ3) is 2.49. The number of hydrogen-bond acceptors (Lipinski definition) is 1. The second kappa shape index (κ2) is 5.57. The number of pyridine rings is 1. The second-order valence-electron chi connectivity index (χ2n) is 5.51. The van der Waals surface area contributed by atoms with E-state index in [-0.39, 0.29) is 0 Å². The van der Waals surface area contributed by atoms with Crippen LogP contribution in [0.1, 0.15) is 35.0 Å². The molecular formula is C19H19NO. The summed E-state index contributed by atoms with van der Waals surface area (Å²) in [5.41, 5.74) is 6.41. The molecule has 3 aromatic rings. The minimum Gasteiger partial charge on any atom is -0.314 e. The van der Waals surface area contributed by atoms with Crippen LogP contribution in [0, 0.1) is 6.92 Å². The molecule has 106 valence electrons. The molecule has 2 nitrogen and oxygen atoms in total. The maximum absolute atomic E-state index is 11.5. The van der Waals surface area contributed by atoms with Gasteiger partial charge in [0.05, 0.1) is 5.69 Å². The highest BCUT2D eigenvalue weighted by Crippen LogP contribution is 2.27. The van der Waals surface area contributed by atoms with E-state index in [0.29, 0.717) is 5.69 Å². The summed E-state index contributed by atoms with van der Waals surface area (Å²) in [5.74, 6) is 0. The largest absolute Gasteiger partial charge is 0.314 e. The maximum atomic E-state index is 11.5. The molecule has 1 aromatic carbocycles. The lowest BCUT2D eigenvalue weighted by atomic mass is 10.0. The molecule has 0 amide bonds. The van der Waals surface area contributed by atoms with Gasteiger partial charge in [0.1, 0.15) is 0 Å². The van der Waals surface area contributed by atoms with E-state index in [4.69, 9.17) is 0 Å². The van der Waals surface area contributed by atoms with Crippen LogP contribution in [0.15, 0.2) is 48.7 Å². The molecule has 0 spiro atoms. The SMILES string of the molecule is CCCc1ccc(-c2cc3cc(C)ccn3c2C=O)cc1. The normalized spacial score (nSPS) is 11.0. The molecule has 0 saturated carbocycles. The van der Waals surface area contributed by atoms with Crippen LogP contribution >= 0.6 is 0 Å². The zero-order chi connectivity index (χ0) is 14.8. The van der Waals surface area contributed by atoms with Crippen molar-refractivity contribution in [3.05, 3.63) is 65.5 Å². The zero-order valence-corrected chi connectivity index (χ0v) is 12.5. The molecule has 2 heterocycles. The van der Waals surface area contributed by atoms with Gasteiger partial charge in [0.15, 0.2) is 6.29 Å². The van der Waals surface area contributed by atoms with E-state index >= 15 is 0 Å².